The lowest BCUT2D eigenvalue weighted by molar-refractivity contribution is -0.133. The quantitative estimate of drug-likeness (QED) is 0.863. The Morgan fingerprint density at radius 1 is 1.55 bits per heavy atom. The number of nitrogens with one attached hydrogen (secondary N) is 1. The fourth-order valence-electron chi connectivity index (χ4n) is 2.15. The molecule has 0 aliphatic heterocycles. The van der Waals surface area contributed by atoms with Gasteiger partial charge in [-0.1, -0.05) is 6.07 Å². The number of hydrogen-bond acceptors (Lipinski definition) is 4. The van der Waals surface area contributed by atoms with E-state index < -0.39 is 0 Å². The topological polar surface area (TPSA) is 53.9 Å². The predicted octanol–water partition coefficient (Wildman–Crippen LogP) is 3.10. The molecule has 2 rings (SSSR count). The van der Waals surface area contributed by atoms with Gasteiger partial charge in [0.2, 0.25) is 5.91 Å². The van der Waals surface area contributed by atoms with Crippen molar-refractivity contribution in [2.45, 2.75) is 26.8 Å². The number of likely N-dealkylation sites (N-methyl/N-ethyl adjacent to an activating group) is 1. The minimum absolute atomic E-state index is 0.0605. The molecule has 2 aromatic heterocycles. The van der Waals surface area contributed by atoms with Gasteiger partial charge in [0.25, 0.3) is 0 Å². The summed E-state index contributed by atoms with van der Waals surface area (Å²) in [5, 5.41) is 9.03. The third-order valence-electron chi connectivity index (χ3n) is 3.27. The maximum absolute atomic E-state index is 12.5. The number of thiophene rings is 1. The minimum Gasteiger partial charge on any atom is -0.341 e. The van der Waals surface area contributed by atoms with Crippen molar-refractivity contribution in [3.8, 4) is 10.7 Å². The SMILES string of the molecule is CCN(CC)C(=O)C(C)n1c(-c2cccs2)n[nH]c1=S. The highest BCUT2D eigenvalue weighted by molar-refractivity contribution is 7.71. The van der Waals surface area contributed by atoms with Crippen LogP contribution in [-0.4, -0.2) is 38.7 Å². The Hall–Kier alpha value is -1.47. The molecule has 0 saturated carbocycles. The first-order chi connectivity index (χ1) is 9.60. The van der Waals surface area contributed by atoms with Gasteiger partial charge in [-0.15, -0.1) is 11.3 Å². The first-order valence-corrected chi connectivity index (χ1v) is 7.88. The number of hydrogen-bond donors (Lipinski definition) is 1. The van der Waals surface area contributed by atoms with E-state index in [0.717, 1.165) is 10.7 Å². The number of carbonyl (C=O) groups excluding carboxylic acids is 1. The number of rotatable bonds is 5. The first-order valence-electron chi connectivity index (χ1n) is 6.59. The molecular formula is C13H18N4OS2. The minimum atomic E-state index is -0.363. The van der Waals surface area contributed by atoms with Gasteiger partial charge < -0.3 is 4.90 Å². The highest BCUT2D eigenvalue weighted by Crippen LogP contribution is 2.26. The fourth-order valence-corrected chi connectivity index (χ4v) is 3.15. The molecule has 20 heavy (non-hydrogen) atoms. The summed E-state index contributed by atoms with van der Waals surface area (Å²) < 4.78 is 2.27. The largest absolute Gasteiger partial charge is 0.341 e. The molecule has 7 heteroatoms. The second-order valence-electron chi connectivity index (χ2n) is 4.39. The molecule has 0 aliphatic carbocycles. The average molecular weight is 310 g/mol. The third-order valence-corrected chi connectivity index (χ3v) is 4.42. The third kappa shape index (κ3) is 2.69. The van der Waals surface area contributed by atoms with Gasteiger partial charge >= 0.3 is 0 Å². The van der Waals surface area contributed by atoms with Gasteiger partial charge in [-0.3, -0.25) is 14.5 Å². The van der Waals surface area contributed by atoms with Crippen molar-refractivity contribution in [3.05, 3.63) is 22.3 Å². The molecule has 1 atom stereocenters. The zero-order valence-electron chi connectivity index (χ0n) is 11.8. The van der Waals surface area contributed by atoms with Gasteiger partial charge in [-0.2, -0.15) is 5.10 Å². The first kappa shape index (κ1) is 14.9. The number of H-pyrrole nitrogens is 1. The Balaban J connectivity index is 2.40. The van der Waals surface area contributed by atoms with Crippen LogP contribution in [0.1, 0.15) is 26.8 Å². The van der Waals surface area contributed by atoms with E-state index in [4.69, 9.17) is 12.2 Å². The van der Waals surface area contributed by atoms with Gasteiger partial charge in [0.15, 0.2) is 10.6 Å². The van der Waals surface area contributed by atoms with Crippen LogP contribution in [0.2, 0.25) is 0 Å². The Morgan fingerprint density at radius 3 is 2.80 bits per heavy atom. The molecule has 0 spiro atoms. The Kier molecular flexibility index (Phi) is 4.72. The van der Waals surface area contributed by atoms with Gasteiger partial charge in [-0.25, -0.2) is 0 Å². The molecule has 0 radical (unpaired) electrons. The van der Waals surface area contributed by atoms with Gasteiger partial charge in [0.1, 0.15) is 6.04 Å². The fraction of sp³-hybridized carbons (Fsp3) is 0.462. The molecule has 1 unspecified atom stereocenters. The molecule has 0 fully saturated rings. The Labute approximate surface area is 127 Å². The van der Waals surface area contributed by atoms with Crippen LogP contribution in [0.5, 0.6) is 0 Å². The summed E-state index contributed by atoms with van der Waals surface area (Å²) in [5.74, 6) is 0.781. The summed E-state index contributed by atoms with van der Waals surface area (Å²) in [6.07, 6.45) is 0. The van der Waals surface area contributed by atoms with Crippen LogP contribution < -0.4 is 0 Å². The van der Waals surface area contributed by atoms with Gasteiger partial charge in [-0.05, 0) is 44.4 Å². The summed E-state index contributed by atoms with van der Waals surface area (Å²) in [6.45, 7) is 7.20. The molecule has 0 bridgehead atoms. The summed E-state index contributed by atoms with van der Waals surface area (Å²) in [6, 6.07) is 3.57. The lowest BCUT2D eigenvalue weighted by Crippen LogP contribution is -2.36. The maximum Gasteiger partial charge on any atom is 0.245 e. The molecule has 5 nitrogen and oxygen atoms in total. The van der Waals surface area contributed by atoms with Crippen LogP contribution in [0.15, 0.2) is 17.5 Å². The molecule has 2 heterocycles. The van der Waals surface area contributed by atoms with E-state index in [-0.39, 0.29) is 11.9 Å². The summed E-state index contributed by atoms with van der Waals surface area (Å²) in [7, 11) is 0. The van der Waals surface area contributed by atoms with E-state index in [1.54, 1.807) is 20.8 Å². The summed E-state index contributed by atoms with van der Waals surface area (Å²) in [4.78, 5) is 15.3. The normalized spacial score (nSPS) is 12.3. The van der Waals surface area contributed by atoms with Crippen LogP contribution in [0.4, 0.5) is 0 Å². The second-order valence-corrected chi connectivity index (χ2v) is 5.72. The van der Waals surface area contributed by atoms with Crippen molar-refractivity contribution in [3.63, 3.8) is 0 Å². The van der Waals surface area contributed by atoms with Crippen molar-refractivity contribution in [1.82, 2.24) is 19.7 Å². The summed E-state index contributed by atoms with van der Waals surface area (Å²) in [5.41, 5.74) is 0. The highest BCUT2D eigenvalue weighted by Gasteiger charge is 2.24. The lowest BCUT2D eigenvalue weighted by atomic mass is 10.2. The molecule has 0 aliphatic rings. The Morgan fingerprint density at radius 2 is 2.25 bits per heavy atom. The van der Waals surface area contributed by atoms with Crippen molar-refractivity contribution in [1.29, 1.82) is 0 Å². The molecule has 1 amide bonds. The Bertz CT molecular complexity index is 625. The molecule has 2 aromatic rings. The zero-order valence-corrected chi connectivity index (χ0v) is 13.4. The summed E-state index contributed by atoms with van der Waals surface area (Å²) >= 11 is 6.86. The van der Waals surface area contributed by atoms with E-state index in [9.17, 15) is 4.79 Å². The maximum atomic E-state index is 12.5. The van der Waals surface area contributed by atoms with Crippen LogP contribution in [0.25, 0.3) is 10.7 Å². The van der Waals surface area contributed by atoms with Gasteiger partial charge in [0.05, 0.1) is 4.88 Å². The highest BCUT2D eigenvalue weighted by atomic mass is 32.1. The number of aromatic nitrogens is 3. The molecule has 0 saturated heterocycles. The average Bonchev–Trinajstić information content (AvgIpc) is 3.08. The van der Waals surface area contributed by atoms with E-state index in [2.05, 4.69) is 10.2 Å². The lowest BCUT2D eigenvalue weighted by Gasteiger charge is -2.24. The van der Waals surface area contributed by atoms with E-state index in [1.165, 1.54) is 0 Å². The van der Waals surface area contributed by atoms with Crippen molar-refractivity contribution < 1.29 is 4.79 Å². The van der Waals surface area contributed by atoms with E-state index >= 15 is 0 Å². The van der Waals surface area contributed by atoms with E-state index in [1.807, 2.05) is 38.3 Å². The molecular weight excluding hydrogens is 292 g/mol. The zero-order chi connectivity index (χ0) is 14.7. The van der Waals surface area contributed by atoms with Gasteiger partial charge in [0, 0.05) is 13.1 Å². The monoisotopic (exact) mass is 310 g/mol. The number of nitrogens with zero attached hydrogens (tertiary/aromatic N) is 3. The molecule has 108 valence electrons. The number of aromatic amines is 1. The van der Waals surface area contributed by atoms with Crippen LogP contribution in [-0.2, 0) is 4.79 Å². The smallest absolute Gasteiger partial charge is 0.245 e. The van der Waals surface area contributed by atoms with Crippen LogP contribution in [0.3, 0.4) is 0 Å². The second kappa shape index (κ2) is 6.32. The van der Waals surface area contributed by atoms with Crippen molar-refractivity contribution in [2.24, 2.45) is 0 Å². The standard InChI is InChI=1S/C13H18N4OS2/c1-4-16(5-2)12(18)9(3)17-11(14-15-13(17)19)10-7-6-8-20-10/h6-9H,4-5H2,1-3H3,(H,15,19). The molecule has 1 N–H and O–H groups in total. The predicted molar refractivity (Wildman–Crippen MR) is 83.4 cm³/mol. The van der Waals surface area contributed by atoms with Crippen LogP contribution in [0, 0.1) is 4.77 Å². The van der Waals surface area contributed by atoms with Crippen LogP contribution >= 0.6 is 23.6 Å². The van der Waals surface area contributed by atoms with Crippen molar-refractivity contribution >= 4 is 29.5 Å². The number of amides is 1. The number of carbonyl (C=O) groups is 1. The van der Waals surface area contributed by atoms with E-state index in [0.29, 0.717) is 17.9 Å². The molecule has 0 aromatic carbocycles. The van der Waals surface area contributed by atoms with Crippen molar-refractivity contribution in [2.75, 3.05) is 13.1 Å².